The van der Waals surface area contributed by atoms with Crippen molar-refractivity contribution in [2.75, 3.05) is 11.9 Å². The summed E-state index contributed by atoms with van der Waals surface area (Å²) in [6, 6.07) is 6.52. The molecule has 0 aliphatic carbocycles. The van der Waals surface area contributed by atoms with Crippen molar-refractivity contribution in [3.8, 4) is 0 Å². The zero-order valence-electron chi connectivity index (χ0n) is 15.8. The van der Waals surface area contributed by atoms with Crippen molar-refractivity contribution in [2.45, 2.75) is 32.5 Å². The second-order valence-electron chi connectivity index (χ2n) is 6.82. The Morgan fingerprint density at radius 1 is 1.31 bits per heavy atom. The quantitative estimate of drug-likeness (QED) is 0.756. The van der Waals surface area contributed by atoms with Gasteiger partial charge in [-0.3, -0.25) is 4.79 Å². The summed E-state index contributed by atoms with van der Waals surface area (Å²) >= 11 is 5.91. The van der Waals surface area contributed by atoms with Crippen LogP contribution in [0.3, 0.4) is 0 Å². The molecule has 5 nitrogen and oxygen atoms in total. The van der Waals surface area contributed by atoms with Crippen LogP contribution in [0.1, 0.15) is 34.8 Å². The molecule has 2 aromatic rings. The van der Waals surface area contributed by atoms with Crippen molar-refractivity contribution in [3.63, 3.8) is 0 Å². The lowest BCUT2D eigenvalue weighted by atomic mass is 10.0. The first kappa shape index (κ1) is 21.0. The van der Waals surface area contributed by atoms with Crippen LogP contribution in [0.15, 0.2) is 47.9 Å². The van der Waals surface area contributed by atoms with E-state index in [0.29, 0.717) is 17.9 Å². The molecular weight excluding hydrogens is 405 g/mol. The number of aromatic nitrogens is 1. The monoisotopic (exact) mass is 424 g/mol. The van der Waals surface area contributed by atoms with Gasteiger partial charge in [0.15, 0.2) is 0 Å². The molecule has 9 heteroatoms. The Bertz CT molecular complexity index is 974. The molecule has 154 valence electrons. The SMILES string of the molecule is Cc1cccnc1NC1=C(N)C(C)N(C(=O)c2cccc(C(F)(F)F)c2Cl)CC1. The maximum absolute atomic E-state index is 13.1. The van der Waals surface area contributed by atoms with Gasteiger partial charge in [0.05, 0.1) is 27.9 Å². The minimum Gasteiger partial charge on any atom is -0.399 e. The van der Waals surface area contributed by atoms with Gasteiger partial charge in [0.25, 0.3) is 5.91 Å². The van der Waals surface area contributed by atoms with Crippen LogP contribution in [0.5, 0.6) is 0 Å². The van der Waals surface area contributed by atoms with Crippen molar-refractivity contribution in [1.29, 1.82) is 0 Å². The summed E-state index contributed by atoms with van der Waals surface area (Å²) in [6.45, 7) is 3.91. The maximum Gasteiger partial charge on any atom is 0.417 e. The van der Waals surface area contributed by atoms with Crippen LogP contribution in [-0.4, -0.2) is 28.4 Å². The minimum absolute atomic E-state index is 0.196. The molecule has 3 N–H and O–H groups in total. The number of nitrogens with two attached hydrogens (primary N) is 1. The van der Waals surface area contributed by atoms with Crippen molar-refractivity contribution >= 4 is 23.3 Å². The standard InChI is InChI=1S/C20H20ClF3N4O/c1-11-5-4-9-26-18(11)27-15-8-10-28(12(2)17(15)25)19(29)13-6-3-7-14(16(13)21)20(22,23)24/h3-7,9,12H,8,10,25H2,1-2H3,(H,26,27). The van der Waals surface area contributed by atoms with E-state index < -0.39 is 28.7 Å². The Labute approximate surface area is 171 Å². The molecule has 1 aliphatic rings. The number of carbonyl (C=O) groups excluding carboxylic acids is 1. The summed E-state index contributed by atoms with van der Waals surface area (Å²) < 4.78 is 39.3. The van der Waals surface area contributed by atoms with Crippen LogP contribution in [-0.2, 0) is 6.18 Å². The second kappa shape index (κ2) is 7.94. The molecule has 3 rings (SSSR count). The Morgan fingerprint density at radius 2 is 2.03 bits per heavy atom. The number of aryl methyl sites for hydroxylation is 1. The highest BCUT2D eigenvalue weighted by Crippen LogP contribution is 2.37. The largest absolute Gasteiger partial charge is 0.417 e. The third kappa shape index (κ3) is 4.17. The van der Waals surface area contributed by atoms with Gasteiger partial charge in [0.2, 0.25) is 0 Å². The van der Waals surface area contributed by atoms with Crippen molar-refractivity contribution in [3.05, 3.63) is 69.6 Å². The molecule has 0 radical (unpaired) electrons. The van der Waals surface area contributed by atoms with E-state index in [-0.39, 0.29) is 12.1 Å². The maximum atomic E-state index is 13.1. The van der Waals surface area contributed by atoms with E-state index in [0.717, 1.165) is 17.3 Å². The first-order valence-corrected chi connectivity index (χ1v) is 9.33. The van der Waals surface area contributed by atoms with Crippen LogP contribution in [0.4, 0.5) is 19.0 Å². The Hall–Kier alpha value is -2.74. The summed E-state index contributed by atoms with van der Waals surface area (Å²) in [4.78, 5) is 18.6. The number of rotatable bonds is 3. The summed E-state index contributed by atoms with van der Waals surface area (Å²) in [5.74, 6) is 0.0722. The lowest BCUT2D eigenvalue weighted by Gasteiger charge is -2.36. The van der Waals surface area contributed by atoms with Gasteiger partial charge < -0.3 is 16.0 Å². The third-order valence-corrected chi connectivity index (χ3v) is 5.35. The molecule has 1 unspecified atom stereocenters. The molecule has 1 aliphatic heterocycles. The highest BCUT2D eigenvalue weighted by molar-refractivity contribution is 6.34. The fourth-order valence-corrected chi connectivity index (χ4v) is 3.55. The van der Waals surface area contributed by atoms with Gasteiger partial charge in [0, 0.05) is 24.9 Å². The van der Waals surface area contributed by atoms with Crippen LogP contribution in [0.2, 0.25) is 5.02 Å². The number of pyridine rings is 1. The predicted molar refractivity (Wildman–Crippen MR) is 105 cm³/mol. The van der Waals surface area contributed by atoms with Crippen molar-refractivity contribution in [1.82, 2.24) is 9.88 Å². The van der Waals surface area contributed by atoms with Gasteiger partial charge in [-0.15, -0.1) is 0 Å². The van der Waals surface area contributed by atoms with Crippen molar-refractivity contribution in [2.24, 2.45) is 5.73 Å². The first-order chi connectivity index (χ1) is 13.6. The van der Waals surface area contributed by atoms with Gasteiger partial charge >= 0.3 is 6.18 Å². The highest BCUT2D eigenvalue weighted by atomic mass is 35.5. The molecule has 0 bridgehead atoms. The molecule has 0 spiro atoms. The average molecular weight is 425 g/mol. The number of hydrogen-bond donors (Lipinski definition) is 2. The van der Waals surface area contributed by atoms with Crippen LogP contribution in [0.25, 0.3) is 0 Å². The topological polar surface area (TPSA) is 71.2 Å². The summed E-state index contributed by atoms with van der Waals surface area (Å²) in [5, 5.41) is 2.60. The molecule has 1 amide bonds. The predicted octanol–water partition coefficient (Wildman–Crippen LogP) is 4.58. The van der Waals surface area contributed by atoms with Crippen molar-refractivity contribution < 1.29 is 18.0 Å². The van der Waals surface area contributed by atoms with Gasteiger partial charge in [-0.2, -0.15) is 13.2 Å². The number of alkyl halides is 3. The Balaban J connectivity index is 1.87. The van der Waals surface area contributed by atoms with E-state index in [4.69, 9.17) is 17.3 Å². The molecule has 1 aromatic heterocycles. The van der Waals surface area contributed by atoms with Crippen LogP contribution < -0.4 is 11.1 Å². The molecule has 2 heterocycles. The smallest absolute Gasteiger partial charge is 0.399 e. The fourth-order valence-electron chi connectivity index (χ4n) is 3.23. The minimum atomic E-state index is -4.64. The van der Waals surface area contributed by atoms with Gasteiger partial charge in [-0.1, -0.05) is 23.7 Å². The number of anilines is 1. The highest BCUT2D eigenvalue weighted by Gasteiger charge is 2.36. The fraction of sp³-hybridized carbons (Fsp3) is 0.300. The third-order valence-electron chi connectivity index (χ3n) is 4.94. The van der Waals surface area contributed by atoms with E-state index in [1.54, 1.807) is 13.1 Å². The lowest BCUT2D eigenvalue weighted by Crippen LogP contribution is -2.46. The number of amides is 1. The zero-order chi connectivity index (χ0) is 21.3. The molecule has 1 aromatic carbocycles. The molecule has 29 heavy (non-hydrogen) atoms. The number of nitrogens with zero attached hydrogens (tertiary/aromatic N) is 2. The van der Waals surface area contributed by atoms with Crippen LogP contribution >= 0.6 is 11.6 Å². The number of halogens is 4. The van der Waals surface area contributed by atoms with Gasteiger partial charge in [-0.25, -0.2) is 4.98 Å². The van der Waals surface area contributed by atoms with E-state index >= 15 is 0 Å². The van der Waals surface area contributed by atoms with E-state index in [9.17, 15) is 18.0 Å². The summed E-state index contributed by atoms with van der Waals surface area (Å²) in [6.07, 6.45) is -2.57. The molecule has 1 atom stereocenters. The summed E-state index contributed by atoms with van der Waals surface area (Å²) in [7, 11) is 0. The van der Waals surface area contributed by atoms with Crippen LogP contribution in [0, 0.1) is 6.92 Å². The summed E-state index contributed by atoms with van der Waals surface area (Å²) in [5.41, 5.74) is 7.12. The molecule has 0 saturated heterocycles. The van der Waals surface area contributed by atoms with E-state index in [1.807, 2.05) is 19.1 Å². The average Bonchev–Trinajstić information content (AvgIpc) is 2.66. The number of nitrogens with one attached hydrogen (secondary N) is 1. The number of hydrogen-bond acceptors (Lipinski definition) is 4. The Kier molecular flexibility index (Phi) is 5.75. The number of benzene rings is 1. The van der Waals surface area contributed by atoms with Gasteiger partial charge in [0.1, 0.15) is 5.82 Å². The normalized spacial score (nSPS) is 17.4. The second-order valence-corrected chi connectivity index (χ2v) is 7.20. The molecule has 0 fully saturated rings. The zero-order valence-corrected chi connectivity index (χ0v) is 16.6. The Morgan fingerprint density at radius 3 is 2.69 bits per heavy atom. The molecule has 0 saturated carbocycles. The number of carbonyl (C=O) groups is 1. The first-order valence-electron chi connectivity index (χ1n) is 8.95. The van der Waals surface area contributed by atoms with Gasteiger partial charge in [-0.05, 0) is 37.6 Å². The van der Waals surface area contributed by atoms with E-state index in [1.165, 1.54) is 17.0 Å². The lowest BCUT2D eigenvalue weighted by molar-refractivity contribution is -0.137. The molecular formula is C20H20ClF3N4O. The van der Waals surface area contributed by atoms with E-state index in [2.05, 4.69) is 10.3 Å².